The molecule has 0 saturated carbocycles. The van der Waals surface area contributed by atoms with Crippen molar-refractivity contribution >= 4 is 91.2 Å². The van der Waals surface area contributed by atoms with Crippen LogP contribution < -0.4 is 0 Å². The van der Waals surface area contributed by atoms with Gasteiger partial charge in [0.15, 0.2) is 23.3 Å². The second-order valence-corrected chi connectivity index (χ2v) is 20.2. The Hall–Kier alpha value is -7.76. The molecule has 0 atom stereocenters. The zero-order valence-corrected chi connectivity index (χ0v) is 38.5. The predicted octanol–water partition coefficient (Wildman–Crippen LogP) is 13.1. The molecule has 4 aromatic carbocycles. The second-order valence-electron chi connectivity index (χ2n) is 15.6. The Kier molecular flexibility index (Phi) is 10.2. The number of hydrogen-bond acceptors (Lipinski definition) is 14. The van der Waals surface area contributed by atoms with Crippen LogP contribution in [0.25, 0.3) is 89.7 Å². The maximum absolute atomic E-state index is 5.34. The van der Waals surface area contributed by atoms with Gasteiger partial charge in [-0.1, -0.05) is 47.0 Å². The molecule has 12 nitrogen and oxygen atoms in total. The van der Waals surface area contributed by atoms with Crippen molar-refractivity contribution in [2.45, 2.75) is 39.2 Å². The highest BCUT2D eigenvalue weighted by atomic mass is 32.2. The van der Waals surface area contributed by atoms with Gasteiger partial charge in [-0.2, -0.15) is 0 Å². The number of H-pyrrole nitrogens is 2. The van der Waals surface area contributed by atoms with E-state index in [1.54, 1.807) is 96.6 Å². The topological polar surface area (TPSA) is 160 Å². The summed E-state index contributed by atoms with van der Waals surface area (Å²) in [4.78, 5) is 64.3. The van der Waals surface area contributed by atoms with Crippen molar-refractivity contribution in [3.63, 3.8) is 0 Å². The third-order valence-electron chi connectivity index (χ3n) is 11.3. The zero-order chi connectivity index (χ0) is 45.0. The van der Waals surface area contributed by atoms with Gasteiger partial charge in [0.25, 0.3) is 0 Å². The highest BCUT2D eigenvalue weighted by Gasteiger charge is 2.24. The van der Waals surface area contributed by atoms with Crippen LogP contribution in [0.5, 0.6) is 0 Å². The average Bonchev–Trinajstić information content (AvgIpc) is 4.10. The Morgan fingerprint density at radius 3 is 0.897 bits per heavy atom. The SMILES string of the molecule is c1cc(Sc2ccc3c(c2)-c2nc-3nc3[nH]c(nc4nc(nc5[nH]c(n2)c2ccc(Sc6ccncc6)cc52)-c2ccc(Sc5ccncc5)cc2-4)c2ccc(Sc4ccncc4)cc32)ccn1. The summed E-state index contributed by atoms with van der Waals surface area (Å²) in [6, 6.07) is 41.4. The highest BCUT2D eigenvalue weighted by Crippen LogP contribution is 2.42. The molecule has 13 rings (SSSR count). The van der Waals surface area contributed by atoms with E-state index in [0.717, 1.165) is 83.0 Å². The lowest BCUT2D eigenvalue weighted by molar-refractivity contribution is 1.19. The second kappa shape index (κ2) is 17.2. The maximum atomic E-state index is 5.34. The number of rotatable bonds is 8. The molecular weight excluding hydrogens is 921 g/mol. The van der Waals surface area contributed by atoms with Crippen molar-refractivity contribution in [3.8, 4) is 45.6 Å². The fraction of sp³-hybridized carbons (Fsp3) is 0. The minimum absolute atomic E-state index is 0.529. The van der Waals surface area contributed by atoms with E-state index in [2.05, 4.69) is 103 Å². The molecule has 9 heterocycles. The Labute approximate surface area is 404 Å². The molecule has 7 aromatic heterocycles. The predicted molar refractivity (Wildman–Crippen MR) is 269 cm³/mol. The van der Waals surface area contributed by atoms with Gasteiger partial charge in [0, 0.05) is 133 Å². The Morgan fingerprint density at radius 2 is 0.544 bits per heavy atom. The van der Waals surface area contributed by atoms with Crippen molar-refractivity contribution in [1.82, 2.24) is 59.8 Å². The van der Waals surface area contributed by atoms with Crippen LogP contribution >= 0.6 is 47.0 Å². The molecule has 322 valence electrons. The first-order valence-electron chi connectivity index (χ1n) is 21.3. The fourth-order valence-electron chi connectivity index (χ4n) is 8.13. The highest BCUT2D eigenvalue weighted by molar-refractivity contribution is 8.00. The lowest BCUT2D eigenvalue weighted by atomic mass is 10.1. The van der Waals surface area contributed by atoms with Crippen LogP contribution in [0.2, 0.25) is 0 Å². The average molecular weight is 951 g/mol. The summed E-state index contributed by atoms with van der Waals surface area (Å²) in [5.41, 5.74) is 5.91. The van der Waals surface area contributed by atoms with Crippen LogP contribution in [0.15, 0.2) is 210 Å². The van der Waals surface area contributed by atoms with E-state index in [9.17, 15) is 0 Å². The molecule has 68 heavy (non-hydrogen) atoms. The molecule has 0 fully saturated rings. The normalized spacial score (nSPS) is 11.8. The summed E-state index contributed by atoms with van der Waals surface area (Å²) in [5, 5.41) is 3.56. The number of hydrogen-bond donors (Lipinski definition) is 2. The summed E-state index contributed by atoms with van der Waals surface area (Å²) in [6.45, 7) is 0. The van der Waals surface area contributed by atoms with Crippen molar-refractivity contribution in [3.05, 3.63) is 171 Å². The van der Waals surface area contributed by atoms with E-state index in [1.807, 2.05) is 48.5 Å². The van der Waals surface area contributed by atoms with Gasteiger partial charge in [-0.05, 0) is 121 Å². The zero-order valence-electron chi connectivity index (χ0n) is 35.3. The van der Waals surface area contributed by atoms with Gasteiger partial charge in [0.05, 0.1) is 0 Å². The summed E-state index contributed by atoms with van der Waals surface area (Å²) >= 11 is 6.62. The van der Waals surface area contributed by atoms with E-state index < -0.39 is 0 Å². The Balaban J connectivity index is 1.08. The molecule has 0 unspecified atom stereocenters. The summed E-state index contributed by atoms with van der Waals surface area (Å²) in [6.07, 6.45) is 14.4. The molecule has 0 spiro atoms. The largest absolute Gasteiger partial charge is 0.324 e. The molecular formula is C52H30N12S4. The number of pyridine rings is 4. The first kappa shape index (κ1) is 40.5. The molecule has 0 saturated heterocycles. The van der Waals surface area contributed by atoms with E-state index in [1.165, 1.54) is 0 Å². The van der Waals surface area contributed by atoms with Crippen molar-refractivity contribution in [2.24, 2.45) is 0 Å². The third-order valence-corrected chi connectivity index (χ3v) is 15.2. The van der Waals surface area contributed by atoms with Crippen LogP contribution in [0.4, 0.5) is 0 Å². The van der Waals surface area contributed by atoms with Crippen molar-refractivity contribution in [2.75, 3.05) is 0 Å². The third kappa shape index (κ3) is 7.82. The van der Waals surface area contributed by atoms with E-state index in [4.69, 9.17) is 29.9 Å². The molecule has 0 amide bonds. The molecule has 0 aliphatic carbocycles. The van der Waals surface area contributed by atoms with Crippen LogP contribution in [-0.4, -0.2) is 59.8 Å². The lowest BCUT2D eigenvalue weighted by Gasteiger charge is -2.04. The van der Waals surface area contributed by atoms with Gasteiger partial charge in [-0.15, -0.1) is 0 Å². The number of aromatic nitrogens is 12. The van der Waals surface area contributed by atoms with E-state index >= 15 is 0 Å². The first-order chi connectivity index (χ1) is 33.6. The van der Waals surface area contributed by atoms with Gasteiger partial charge in [-0.3, -0.25) is 19.9 Å². The minimum atomic E-state index is 0.529. The van der Waals surface area contributed by atoms with Gasteiger partial charge in [-0.25, -0.2) is 29.9 Å². The fourth-order valence-corrected chi connectivity index (χ4v) is 11.5. The minimum Gasteiger partial charge on any atom is -0.324 e. The van der Waals surface area contributed by atoms with E-state index in [-0.39, 0.29) is 0 Å². The first-order valence-corrected chi connectivity index (χ1v) is 24.6. The number of benzene rings is 4. The molecule has 11 aromatic rings. The molecule has 2 aliphatic rings. The molecule has 8 bridgehead atoms. The van der Waals surface area contributed by atoms with Crippen molar-refractivity contribution in [1.29, 1.82) is 0 Å². The lowest BCUT2D eigenvalue weighted by Crippen LogP contribution is -1.84. The molecule has 2 aliphatic heterocycles. The number of nitrogens with zero attached hydrogens (tertiary/aromatic N) is 10. The molecule has 2 N–H and O–H groups in total. The molecule has 0 radical (unpaired) electrons. The smallest absolute Gasteiger partial charge is 0.164 e. The number of aromatic amines is 2. The number of fused-ring (bicyclic) bond motifs is 20. The maximum Gasteiger partial charge on any atom is 0.164 e. The van der Waals surface area contributed by atoms with Crippen LogP contribution in [-0.2, 0) is 0 Å². The van der Waals surface area contributed by atoms with Gasteiger partial charge >= 0.3 is 0 Å². The monoisotopic (exact) mass is 950 g/mol. The van der Waals surface area contributed by atoms with Gasteiger partial charge < -0.3 is 9.97 Å². The van der Waals surface area contributed by atoms with Crippen LogP contribution in [0.3, 0.4) is 0 Å². The van der Waals surface area contributed by atoms with Crippen molar-refractivity contribution < 1.29 is 0 Å². The summed E-state index contributed by atoms with van der Waals surface area (Å²) in [7, 11) is 0. The van der Waals surface area contributed by atoms with Crippen LogP contribution in [0, 0.1) is 0 Å². The van der Waals surface area contributed by atoms with E-state index in [0.29, 0.717) is 45.9 Å². The summed E-state index contributed by atoms with van der Waals surface area (Å²) in [5.74, 6) is 2.12. The summed E-state index contributed by atoms with van der Waals surface area (Å²) < 4.78 is 0. The van der Waals surface area contributed by atoms with Gasteiger partial charge in [0.1, 0.15) is 22.6 Å². The standard InChI is InChI=1S/C52H30N12S4/c1-5-37-41(25-33(1)65-29-9-17-53-18-10-29)49-57-45(37)61-50-42-26-34(66-30-11-19-54-20-12-30)2-6-38(42)47(58-50)63-52-44-28-36(68-32-15-23-56-24-16-32)4-8-40(44)48(60-52)64-51-43-27-35(67-31-13-21-55-22-14-31)3-7-39(43)46(59-51)62-49/h1-28H,(H2,57,58,59,60,61,62,63,64). The number of nitrogens with one attached hydrogen (secondary N) is 2. The molecule has 16 heteroatoms. The quantitative estimate of drug-likeness (QED) is 0.148. The Bertz CT molecular complexity index is 3670. The van der Waals surface area contributed by atoms with Gasteiger partial charge in [0.2, 0.25) is 0 Å². The van der Waals surface area contributed by atoms with Crippen LogP contribution in [0.1, 0.15) is 0 Å². The Morgan fingerprint density at radius 1 is 0.250 bits per heavy atom.